The van der Waals surface area contributed by atoms with Gasteiger partial charge in [-0.05, 0) is 23.3 Å². The number of rotatable bonds is 2. The minimum Gasteiger partial charge on any atom is -0.478 e. The highest BCUT2D eigenvalue weighted by atomic mass is 35.5. The number of aliphatic carboxylic acids is 1. The van der Waals surface area contributed by atoms with E-state index in [-0.39, 0.29) is 0 Å². The van der Waals surface area contributed by atoms with Crippen LogP contribution in [0, 0.1) is 5.41 Å². The number of nitrogens with one attached hydrogen (secondary N) is 1. The Kier molecular flexibility index (Phi) is 3.63. The normalized spacial score (nSPS) is 17.7. The lowest BCUT2D eigenvalue weighted by atomic mass is 9.90. The topological polar surface area (TPSA) is 61.2 Å². The maximum absolute atomic E-state index is 11.1. The molecule has 0 amide bonds. The fourth-order valence-corrected chi connectivity index (χ4v) is 1.99. The third-order valence-corrected chi connectivity index (χ3v) is 3.00. The van der Waals surface area contributed by atoms with E-state index in [1.165, 1.54) is 0 Å². The van der Waals surface area contributed by atoms with Gasteiger partial charge in [0.2, 0.25) is 0 Å². The second kappa shape index (κ2) is 5.19. The van der Waals surface area contributed by atoms with Gasteiger partial charge in [0, 0.05) is 23.6 Å². The summed E-state index contributed by atoms with van der Waals surface area (Å²) in [6, 6.07) is 7.17. The van der Waals surface area contributed by atoms with Crippen molar-refractivity contribution in [1.29, 1.82) is 5.41 Å². The molecule has 0 saturated carbocycles. The number of hydrogen-bond donors (Lipinski definition) is 2. The van der Waals surface area contributed by atoms with E-state index in [0.717, 1.165) is 5.56 Å². The fourth-order valence-electron chi connectivity index (χ4n) is 1.87. The highest BCUT2D eigenvalue weighted by Gasteiger charge is 2.19. The highest BCUT2D eigenvalue weighted by Crippen LogP contribution is 2.25. The number of benzene rings is 1. The first-order valence-corrected chi connectivity index (χ1v) is 5.90. The van der Waals surface area contributed by atoms with Crippen LogP contribution in [-0.2, 0) is 4.79 Å². The average molecular weight is 262 g/mol. The van der Waals surface area contributed by atoms with Gasteiger partial charge in [-0.3, -0.25) is 0 Å². The number of allylic oxidation sites excluding steroid dienone is 1. The number of halogens is 1. The van der Waals surface area contributed by atoms with Crippen LogP contribution in [0.3, 0.4) is 0 Å². The molecule has 0 spiro atoms. The first-order valence-electron chi connectivity index (χ1n) is 5.52. The molecule has 0 aromatic heterocycles. The predicted octanol–water partition coefficient (Wildman–Crippen LogP) is 3.55. The third-order valence-electron chi connectivity index (χ3n) is 2.74. The van der Waals surface area contributed by atoms with E-state index in [4.69, 9.17) is 22.1 Å². The molecule has 18 heavy (non-hydrogen) atoms. The highest BCUT2D eigenvalue weighted by molar-refractivity contribution is 6.30. The van der Waals surface area contributed by atoms with Crippen LogP contribution in [0.2, 0.25) is 5.02 Å². The molecule has 92 valence electrons. The monoisotopic (exact) mass is 261 g/mol. The third kappa shape index (κ3) is 2.87. The number of carbonyl (C=O) groups is 1. The Hall–Kier alpha value is -1.87. The van der Waals surface area contributed by atoms with E-state index in [9.17, 15) is 4.79 Å². The van der Waals surface area contributed by atoms with Gasteiger partial charge in [0.05, 0.1) is 5.57 Å². The molecule has 2 N–H and O–H groups in total. The Morgan fingerprint density at radius 1 is 1.33 bits per heavy atom. The van der Waals surface area contributed by atoms with Crippen LogP contribution >= 0.6 is 11.6 Å². The maximum atomic E-state index is 11.1. The number of hydrogen-bond acceptors (Lipinski definition) is 2. The van der Waals surface area contributed by atoms with Crippen molar-refractivity contribution in [1.82, 2.24) is 0 Å². The average Bonchev–Trinajstić information content (AvgIpc) is 2.32. The first-order chi connectivity index (χ1) is 8.56. The van der Waals surface area contributed by atoms with Gasteiger partial charge in [-0.25, -0.2) is 4.79 Å². The molecule has 4 heteroatoms. The van der Waals surface area contributed by atoms with E-state index in [1.54, 1.807) is 24.3 Å². The molecular weight excluding hydrogens is 250 g/mol. The summed E-state index contributed by atoms with van der Waals surface area (Å²) in [7, 11) is 0. The van der Waals surface area contributed by atoms with E-state index in [2.05, 4.69) is 0 Å². The zero-order valence-electron chi connectivity index (χ0n) is 9.61. The Morgan fingerprint density at radius 2 is 2.00 bits per heavy atom. The molecule has 2 rings (SSSR count). The summed E-state index contributed by atoms with van der Waals surface area (Å²) in [6.07, 6.45) is 4.19. The zero-order valence-corrected chi connectivity index (χ0v) is 10.4. The summed E-state index contributed by atoms with van der Waals surface area (Å²) in [6.45, 7) is 0. The van der Waals surface area contributed by atoms with Gasteiger partial charge in [-0.2, -0.15) is 0 Å². The Morgan fingerprint density at radius 3 is 2.61 bits per heavy atom. The molecule has 0 radical (unpaired) electrons. The SMILES string of the molecule is N=C1CC=C(C(=O)O)C(=Cc2ccc(Cl)cc2)C1. The summed E-state index contributed by atoms with van der Waals surface area (Å²) in [5.74, 6) is -0.942. The second-order valence-electron chi connectivity index (χ2n) is 4.13. The van der Waals surface area contributed by atoms with Gasteiger partial charge in [-0.15, -0.1) is 0 Å². The van der Waals surface area contributed by atoms with Crippen molar-refractivity contribution >= 4 is 29.4 Å². The minimum absolute atomic E-state index is 0.293. The van der Waals surface area contributed by atoms with Gasteiger partial charge < -0.3 is 10.5 Å². The van der Waals surface area contributed by atoms with E-state index >= 15 is 0 Å². The van der Waals surface area contributed by atoms with Crippen LogP contribution in [0.15, 0.2) is 41.5 Å². The van der Waals surface area contributed by atoms with Crippen molar-refractivity contribution in [2.75, 3.05) is 0 Å². The van der Waals surface area contributed by atoms with Crippen molar-refractivity contribution in [2.24, 2.45) is 0 Å². The number of carboxylic acids is 1. The van der Waals surface area contributed by atoms with E-state index in [1.807, 2.05) is 12.1 Å². The molecule has 1 aromatic rings. The molecule has 0 bridgehead atoms. The van der Waals surface area contributed by atoms with E-state index in [0.29, 0.717) is 34.7 Å². The fraction of sp³-hybridized carbons (Fsp3) is 0.143. The Balaban J connectivity index is 2.37. The first kappa shape index (κ1) is 12.6. The molecule has 1 aliphatic carbocycles. The van der Waals surface area contributed by atoms with Crippen LogP contribution in [0.1, 0.15) is 18.4 Å². The molecule has 0 atom stereocenters. The standard InChI is InChI=1S/C14H12ClNO2/c15-11-3-1-9(2-4-11)7-10-8-12(16)5-6-13(10)14(17)18/h1-4,6-7,16H,5,8H2,(H,17,18). The lowest BCUT2D eigenvalue weighted by Crippen LogP contribution is -2.12. The summed E-state index contributed by atoms with van der Waals surface area (Å²) >= 11 is 5.80. The molecule has 0 saturated heterocycles. The van der Waals surface area contributed by atoms with Gasteiger partial charge in [0.15, 0.2) is 0 Å². The van der Waals surface area contributed by atoms with Crippen molar-refractivity contribution < 1.29 is 9.90 Å². The maximum Gasteiger partial charge on any atom is 0.335 e. The largest absolute Gasteiger partial charge is 0.478 e. The van der Waals surface area contributed by atoms with Crippen LogP contribution in [0.4, 0.5) is 0 Å². The Labute approximate surface area is 110 Å². The summed E-state index contributed by atoms with van der Waals surface area (Å²) < 4.78 is 0. The number of carboxylic acid groups (broad SMARTS) is 1. The summed E-state index contributed by atoms with van der Waals surface area (Å²) in [5.41, 5.74) is 2.37. The van der Waals surface area contributed by atoms with Gasteiger partial charge in [0.1, 0.15) is 0 Å². The smallest absolute Gasteiger partial charge is 0.335 e. The molecule has 1 aromatic carbocycles. The van der Waals surface area contributed by atoms with Gasteiger partial charge in [0.25, 0.3) is 0 Å². The molecule has 0 fully saturated rings. The van der Waals surface area contributed by atoms with Crippen molar-refractivity contribution in [3.05, 3.63) is 52.1 Å². The second-order valence-corrected chi connectivity index (χ2v) is 4.56. The van der Waals surface area contributed by atoms with Crippen molar-refractivity contribution in [2.45, 2.75) is 12.8 Å². The molecule has 0 aliphatic heterocycles. The molecule has 1 aliphatic rings. The quantitative estimate of drug-likeness (QED) is 0.855. The molecule has 0 heterocycles. The van der Waals surface area contributed by atoms with Crippen LogP contribution in [0.5, 0.6) is 0 Å². The predicted molar refractivity (Wildman–Crippen MR) is 72.1 cm³/mol. The van der Waals surface area contributed by atoms with Crippen molar-refractivity contribution in [3.63, 3.8) is 0 Å². The lowest BCUT2D eigenvalue weighted by molar-refractivity contribution is -0.132. The minimum atomic E-state index is -0.942. The zero-order chi connectivity index (χ0) is 13.1. The van der Waals surface area contributed by atoms with Gasteiger partial charge in [-0.1, -0.05) is 35.9 Å². The van der Waals surface area contributed by atoms with Crippen LogP contribution in [-0.4, -0.2) is 16.8 Å². The van der Waals surface area contributed by atoms with Crippen LogP contribution in [0.25, 0.3) is 6.08 Å². The van der Waals surface area contributed by atoms with Crippen LogP contribution < -0.4 is 0 Å². The summed E-state index contributed by atoms with van der Waals surface area (Å²) in [4.78, 5) is 11.1. The van der Waals surface area contributed by atoms with E-state index < -0.39 is 5.97 Å². The summed E-state index contributed by atoms with van der Waals surface area (Å²) in [5, 5.41) is 17.4. The molecular formula is C14H12ClNO2. The molecule has 3 nitrogen and oxygen atoms in total. The van der Waals surface area contributed by atoms with Crippen molar-refractivity contribution in [3.8, 4) is 0 Å². The molecule has 0 unspecified atom stereocenters. The Bertz CT molecular complexity index is 556. The van der Waals surface area contributed by atoms with Gasteiger partial charge >= 0.3 is 5.97 Å². The lowest BCUT2D eigenvalue weighted by Gasteiger charge is -2.14.